The van der Waals surface area contributed by atoms with E-state index in [1.807, 2.05) is 0 Å². The smallest absolute Gasteiger partial charge is 0.294 e. The number of carbonyl (C=O) groups is 2. The number of aromatic nitrogens is 1. The first kappa shape index (κ1) is 24.5. The van der Waals surface area contributed by atoms with Crippen LogP contribution in [0.25, 0.3) is 22.0 Å². The first-order valence-corrected chi connectivity index (χ1v) is 13.4. The lowest BCUT2D eigenvalue weighted by atomic mass is 9.80. The van der Waals surface area contributed by atoms with Crippen LogP contribution in [0.5, 0.6) is 0 Å². The highest BCUT2D eigenvalue weighted by atomic mass is 32.2. The fraction of sp³-hybridized carbons (Fsp3) is 0.0333. The van der Waals surface area contributed by atoms with Crippen LogP contribution in [0.1, 0.15) is 31.8 Å². The molecule has 0 spiro atoms. The summed E-state index contributed by atoms with van der Waals surface area (Å²) in [7, 11) is -2.80. The van der Waals surface area contributed by atoms with E-state index in [0.29, 0.717) is 44.5 Å². The van der Waals surface area contributed by atoms with Crippen LogP contribution in [0.4, 0.5) is 11.4 Å². The molecule has 0 unspecified atom stereocenters. The number of hydrogen-bond acceptors (Lipinski definition) is 6. The standard InChI is InChI=1S/C30H20N2O6S/c1-32-23-16-15-22(31-18-11-13-19(14-12-18)39(36,37)38)25-26(23)24(20-9-5-6-10-21(20)29(25)34)27(30(32)35)28(33)17-7-3-2-4-8-17/h2-16,31H,1H3,(H,36,37,38). The van der Waals surface area contributed by atoms with Gasteiger partial charge in [-0.3, -0.25) is 18.9 Å². The van der Waals surface area contributed by atoms with Gasteiger partial charge < -0.3 is 9.88 Å². The van der Waals surface area contributed by atoms with E-state index in [1.54, 1.807) is 73.8 Å². The zero-order valence-electron chi connectivity index (χ0n) is 20.5. The Bertz CT molecular complexity index is 2010. The number of anilines is 2. The molecule has 9 heteroatoms. The molecule has 39 heavy (non-hydrogen) atoms. The van der Waals surface area contributed by atoms with Crippen molar-refractivity contribution in [2.45, 2.75) is 4.90 Å². The molecule has 0 amide bonds. The Kier molecular flexibility index (Phi) is 5.56. The molecule has 8 nitrogen and oxygen atoms in total. The predicted molar refractivity (Wildman–Crippen MR) is 147 cm³/mol. The maximum Gasteiger partial charge on any atom is 0.294 e. The van der Waals surface area contributed by atoms with Crippen molar-refractivity contribution in [1.82, 2.24) is 4.57 Å². The number of fused-ring (bicyclic) bond motifs is 2. The van der Waals surface area contributed by atoms with E-state index in [-0.39, 0.29) is 21.8 Å². The molecular formula is C30H20N2O6S. The topological polar surface area (TPSA) is 123 Å². The molecule has 1 aliphatic rings. The van der Waals surface area contributed by atoms with E-state index in [2.05, 4.69) is 5.32 Å². The number of nitrogens with zero attached hydrogens (tertiary/aromatic N) is 1. The van der Waals surface area contributed by atoms with Crippen LogP contribution in [0.15, 0.2) is 101 Å². The highest BCUT2D eigenvalue weighted by Crippen LogP contribution is 2.44. The van der Waals surface area contributed by atoms with Gasteiger partial charge in [0.15, 0.2) is 11.6 Å². The second-order valence-corrected chi connectivity index (χ2v) is 10.6. The van der Waals surface area contributed by atoms with Crippen molar-refractivity contribution in [2.24, 2.45) is 7.05 Å². The molecule has 0 saturated carbocycles. The summed E-state index contributed by atoms with van der Waals surface area (Å²) in [6.07, 6.45) is 0. The van der Waals surface area contributed by atoms with E-state index in [1.165, 1.54) is 28.8 Å². The summed E-state index contributed by atoms with van der Waals surface area (Å²) in [5.74, 6) is -0.722. The summed E-state index contributed by atoms with van der Waals surface area (Å²) in [6, 6.07) is 24.2. The molecule has 0 radical (unpaired) electrons. The normalized spacial score (nSPS) is 12.3. The van der Waals surface area contributed by atoms with Crippen molar-refractivity contribution in [2.75, 3.05) is 5.32 Å². The fourth-order valence-electron chi connectivity index (χ4n) is 5.09. The SMILES string of the molecule is Cn1c(=O)c(C(=O)c2ccccc2)c2c3c(c(Nc4ccc(S(=O)(=O)O)cc4)ccc31)C(=O)c1ccccc1-2. The van der Waals surface area contributed by atoms with Crippen molar-refractivity contribution in [3.8, 4) is 11.1 Å². The van der Waals surface area contributed by atoms with Gasteiger partial charge in [-0.2, -0.15) is 8.42 Å². The molecule has 0 aliphatic heterocycles. The summed E-state index contributed by atoms with van der Waals surface area (Å²) < 4.78 is 33.5. The molecule has 1 aliphatic carbocycles. The summed E-state index contributed by atoms with van der Waals surface area (Å²) in [6.45, 7) is 0. The Balaban J connectivity index is 1.66. The Hall–Kier alpha value is -4.86. The van der Waals surface area contributed by atoms with Crippen LogP contribution in [0.2, 0.25) is 0 Å². The minimum atomic E-state index is -4.36. The van der Waals surface area contributed by atoms with Crippen LogP contribution in [0, 0.1) is 0 Å². The van der Waals surface area contributed by atoms with Crippen LogP contribution < -0.4 is 10.9 Å². The van der Waals surface area contributed by atoms with E-state index < -0.39 is 21.5 Å². The third kappa shape index (κ3) is 3.87. The molecule has 192 valence electrons. The van der Waals surface area contributed by atoms with Crippen LogP contribution in [-0.2, 0) is 17.2 Å². The molecule has 6 rings (SSSR count). The van der Waals surface area contributed by atoms with E-state index in [0.717, 1.165) is 0 Å². The average molecular weight is 537 g/mol. The second-order valence-electron chi connectivity index (χ2n) is 9.19. The van der Waals surface area contributed by atoms with Crippen molar-refractivity contribution in [3.05, 3.63) is 124 Å². The van der Waals surface area contributed by atoms with Gasteiger partial charge in [-0.25, -0.2) is 0 Å². The first-order chi connectivity index (χ1) is 18.7. The number of rotatable bonds is 5. The van der Waals surface area contributed by atoms with Crippen molar-refractivity contribution < 1.29 is 22.6 Å². The van der Waals surface area contributed by atoms with Crippen molar-refractivity contribution in [3.63, 3.8) is 0 Å². The highest BCUT2D eigenvalue weighted by Gasteiger charge is 2.33. The first-order valence-electron chi connectivity index (χ1n) is 11.9. The predicted octanol–water partition coefficient (Wildman–Crippen LogP) is 4.97. The van der Waals surface area contributed by atoms with Crippen LogP contribution in [-0.4, -0.2) is 29.1 Å². The van der Waals surface area contributed by atoms with Gasteiger partial charge in [0.1, 0.15) is 0 Å². The number of benzene rings is 4. The molecule has 0 fully saturated rings. The lowest BCUT2D eigenvalue weighted by Crippen LogP contribution is -2.29. The Morgan fingerprint density at radius 1 is 0.795 bits per heavy atom. The lowest BCUT2D eigenvalue weighted by Gasteiger charge is -2.25. The van der Waals surface area contributed by atoms with Crippen LogP contribution >= 0.6 is 0 Å². The highest BCUT2D eigenvalue weighted by molar-refractivity contribution is 7.85. The Morgan fingerprint density at radius 2 is 1.44 bits per heavy atom. The lowest BCUT2D eigenvalue weighted by molar-refractivity contribution is 0.102. The molecule has 0 saturated heterocycles. The monoisotopic (exact) mass is 536 g/mol. The maximum atomic E-state index is 13.9. The van der Waals surface area contributed by atoms with E-state index >= 15 is 0 Å². The third-order valence-corrected chi connectivity index (χ3v) is 7.79. The number of ketones is 2. The summed E-state index contributed by atoms with van der Waals surface area (Å²) >= 11 is 0. The molecule has 5 aromatic rings. The van der Waals surface area contributed by atoms with E-state index in [9.17, 15) is 27.4 Å². The maximum absolute atomic E-state index is 13.9. The van der Waals surface area contributed by atoms with Gasteiger partial charge in [-0.1, -0.05) is 54.6 Å². The molecular weight excluding hydrogens is 516 g/mol. The van der Waals surface area contributed by atoms with Crippen LogP contribution in [0.3, 0.4) is 0 Å². The molecule has 4 aromatic carbocycles. The zero-order chi connectivity index (χ0) is 27.5. The molecule has 1 heterocycles. The number of pyridine rings is 1. The number of nitrogens with one attached hydrogen (secondary N) is 1. The minimum Gasteiger partial charge on any atom is -0.355 e. The second kappa shape index (κ2) is 8.87. The summed E-state index contributed by atoms with van der Waals surface area (Å²) in [4.78, 5) is 41.1. The minimum absolute atomic E-state index is 0.0212. The van der Waals surface area contributed by atoms with Crippen molar-refractivity contribution in [1.29, 1.82) is 0 Å². The van der Waals surface area contributed by atoms with Gasteiger partial charge in [-0.05, 0) is 42.0 Å². The number of carbonyl (C=O) groups excluding carboxylic acids is 2. The molecule has 0 atom stereocenters. The van der Waals surface area contributed by atoms with Gasteiger partial charge in [0.2, 0.25) is 0 Å². The molecule has 2 N–H and O–H groups in total. The number of hydrogen-bond donors (Lipinski definition) is 2. The largest absolute Gasteiger partial charge is 0.355 e. The molecule has 1 aromatic heterocycles. The quantitative estimate of drug-likeness (QED) is 0.236. The van der Waals surface area contributed by atoms with Crippen molar-refractivity contribution >= 4 is 44.0 Å². The Labute approximate surface area is 222 Å². The number of aryl methyl sites for hydroxylation is 1. The molecule has 0 bridgehead atoms. The van der Waals surface area contributed by atoms with Gasteiger partial charge in [0, 0.05) is 34.8 Å². The van der Waals surface area contributed by atoms with Gasteiger partial charge in [-0.15, -0.1) is 0 Å². The summed E-state index contributed by atoms with van der Waals surface area (Å²) in [5.41, 5.74) is 2.80. The third-order valence-electron chi connectivity index (χ3n) is 6.93. The fourth-order valence-corrected chi connectivity index (χ4v) is 5.57. The average Bonchev–Trinajstić information content (AvgIpc) is 2.94. The Morgan fingerprint density at radius 3 is 2.10 bits per heavy atom. The summed E-state index contributed by atoms with van der Waals surface area (Å²) in [5, 5.41) is 3.63. The zero-order valence-corrected chi connectivity index (χ0v) is 21.3. The van der Waals surface area contributed by atoms with Gasteiger partial charge in [0.05, 0.1) is 27.2 Å². The van der Waals surface area contributed by atoms with Gasteiger partial charge in [0.25, 0.3) is 15.7 Å². The van der Waals surface area contributed by atoms with Gasteiger partial charge >= 0.3 is 0 Å². The van der Waals surface area contributed by atoms with E-state index in [4.69, 9.17) is 0 Å².